The van der Waals surface area contributed by atoms with Crippen LogP contribution in [0.5, 0.6) is 0 Å². The summed E-state index contributed by atoms with van der Waals surface area (Å²) in [6, 6.07) is 0. The highest BCUT2D eigenvalue weighted by atomic mass is 31.2. The SMILES string of the molecule is O=P(O)(O)OC(CC(O)CO)C(O)CO. The zero-order valence-electron chi connectivity index (χ0n) is 7.80. The molecular formula is C6H15O8P. The Morgan fingerprint density at radius 2 is 1.67 bits per heavy atom. The summed E-state index contributed by atoms with van der Waals surface area (Å²) in [6.45, 7) is -1.41. The summed E-state index contributed by atoms with van der Waals surface area (Å²) in [5.74, 6) is 0. The largest absolute Gasteiger partial charge is 0.469 e. The number of hydrogen-bond acceptors (Lipinski definition) is 6. The third-order valence-corrected chi connectivity index (χ3v) is 2.15. The molecule has 0 aromatic rings. The maximum absolute atomic E-state index is 10.5. The van der Waals surface area contributed by atoms with E-state index >= 15 is 0 Å². The third-order valence-electron chi connectivity index (χ3n) is 1.60. The number of aliphatic hydroxyl groups is 4. The quantitative estimate of drug-likeness (QED) is 0.271. The molecule has 0 fully saturated rings. The Balaban J connectivity index is 4.38. The highest BCUT2D eigenvalue weighted by molar-refractivity contribution is 7.46. The van der Waals surface area contributed by atoms with Crippen LogP contribution in [-0.2, 0) is 9.09 Å². The van der Waals surface area contributed by atoms with Crippen molar-refractivity contribution in [3.63, 3.8) is 0 Å². The lowest BCUT2D eigenvalue weighted by Gasteiger charge is -2.23. The van der Waals surface area contributed by atoms with Crippen LogP contribution in [0, 0.1) is 0 Å². The van der Waals surface area contributed by atoms with Gasteiger partial charge in [-0.3, -0.25) is 4.52 Å². The molecular weight excluding hydrogens is 231 g/mol. The zero-order valence-corrected chi connectivity index (χ0v) is 8.69. The van der Waals surface area contributed by atoms with E-state index in [-0.39, 0.29) is 0 Å². The zero-order chi connectivity index (χ0) is 12.1. The second kappa shape index (κ2) is 6.51. The Labute approximate surface area is 86.0 Å². The van der Waals surface area contributed by atoms with Crippen molar-refractivity contribution in [2.75, 3.05) is 13.2 Å². The molecule has 0 aliphatic rings. The predicted octanol–water partition coefficient (Wildman–Crippen LogP) is -2.44. The lowest BCUT2D eigenvalue weighted by atomic mass is 10.1. The fourth-order valence-corrected chi connectivity index (χ4v) is 1.49. The summed E-state index contributed by atoms with van der Waals surface area (Å²) in [5.41, 5.74) is 0. The van der Waals surface area contributed by atoms with Crippen LogP contribution in [-0.4, -0.2) is 61.7 Å². The molecule has 0 saturated heterocycles. The van der Waals surface area contributed by atoms with E-state index in [2.05, 4.69) is 4.52 Å². The van der Waals surface area contributed by atoms with Crippen LogP contribution in [0.25, 0.3) is 0 Å². The fourth-order valence-electron chi connectivity index (χ4n) is 0.907. The summed E-state index contributed by atoms with van der Waals surface area (Å²) < 4.78 is 14.6. The van der Waals surface area contributed by atoms with Crippen molar-refractivity contribution in [3.8, 4) is 0 Å². The highest BCUT2D eigenvalue weighted by Crippen LogP contribution is 2.39. The van der Waals surface area contributed by atoms with Crippen molar-refractivity contribution < 1.29 is 39.3 Å². The first kappa shape index (κ1) is 14.9. The van der Waals surface area contributed by atoms with Crippen molar-refractivity contribution in [1.29, 1.82) is 0 Å². The van der Waals surface area contributed by atoms with E-state index in [1.165, 1.54) is 0 Å². The standard InChI is InChI=1S/C6H15O8P/c7-2-4(9)1-6(5(10)3-8)14-15(11,12)13/h4-10H,1-3H2,(H2,11,12,13). The van der Waals surface area contributed by atoms with Gasteiger partial charge in [-0.25, -0.2) is 4.57 Å². The number of rotatable bonds is 7. The number of hydrogen-bond donors (Lipinski definition) is 6. The smallest absolute Gasteiger partial charge is 0.394 e. The summed E-state index contributed by atoms with van der Waals surface area (Å²) in [4.78, 5) is 16.9. The second-order valence-electron chi connectivity index (χ2n) is 2.96. The Morgan fingerprint density at radius 3 is 2.00 bits per heavy atom. The lowest BCUT2D eigenvalue weighted by Crippen LogP contribution is -2.35. The Bertz CT molecular complexity index is 215. The first-order chi connectivity index (χ1) is 6.80. The summed E-state index contributed by atoms with van der Waals surface area (Å²) in [5, 5.41) is 35.2. The minimum Gasteiger partial charge on any atom is -0.394 e. The van der Waals surface area contributed by atoms with Gasteiger partial charge in [0.2, 0.25) is 0 Å². The van der Waals surface area contributed by atoms with Crippen LogP contribution >= 0.6 is 7.82 Å². The molecule has 0 amide bonds. The van der Waals surface area contributed by atoms with E-state index in [0.717, 1.165) is 0 Å². The van der Waals surface area contributed by atoms with Gasteiger partial charge >= 0.3 is 7.82 Å². The average Bonchev–Trinajstić information content (AvgIpc) is 2.13. The predicted molar refractivity (Wildman–Crippen MR) is 47.7 cm³/mol. The molecule has 0 spiro atoms. The molecule has 15 heavy (non-hydrogen) atoms. The van der Waals surface area contributed by atoms with Crippen LogP contribution in [0.2, 0.25) is 0 Å². The molecule has 6 N–H and O–H groups in total. The summed E-state index contributed by atoms with van der Waals surface area (Å²) in [6.07, 6.45) is -4.68. The lowest BCUT2D eigenvalue weighted by molar-refractivity contribution is -0.0417. The van der Waals surface area contributed by atoms with E-state index in [1.807, 2.05) is 0 Å². The molecule has 0 heterocycles. The van der Waals surface area contributed by atoms with E-state index in [1.54, 1.807) is 0 Å². The first-order valence-corrected chi connectivity index (χ1v) is 5.65. The summed E-state index contributed by atoms with van der Waals surface area (Å²) in [7, 11) is -4.82. The maximum atomic E-state index is 10.5. The van der Waals surface area contributed by atoms with Crippen LogP contribution in [0.15, 0.2) is 0 Å². The monoisotopic (exact) mass is 246 g/mol. The van der Waals surface area contributed by atoms with Crippen molar-refractivity contribution in [1.82, 2.24) is 0 Å². The molecule has 92 valence electrons. The minimum absolute atomic E-state index is 0.399. The molecule has 3 atom stereocenters. The van der Waals surface area contributed by atoms with E-state index < -0.39 is 45.8 Å². The van der Waals surface area contributed by atoms with Gasteiger partial charge in [0.1, 0.15) is 12.2 Å². The Kier molecular flexibility index (Phi) is 6.49. The van der Waals surface area contributed by atoms with Gasteiger partial charge in [0.15, 0.2) is 0 Å². The van der Waals surface area contributed by atoms with Crippen molar-refractivity contribution in [2.45, 2.75) is 24.7 Å². The van der Waals surface area contributed by atoms with Gasteiger partial charge in [0, 0.05) is 6.42 Å². The first-order valence-electron chi connectivity index (χ1n) is 4.12. The molecule has 0 aliphatic heterocycles. The molecule has 0 aliphatic carbocycles. The van der Waals surface area contributed by atoms with Crippen LogP contribution < -0.4 is 0 Å². The van der Waals surface area contributed by atoms with Crippen LogP contribution in [0.3, 0.4) is 0 Å². The van der Waals surface area contributed by atoms with Crippen molar-refractivity contribution in [2.24, 2.45) is 0 Å². The van der Waals surface area contributed by atoms with Gasteiger partial charge < -0.3 is 30.2 Å². The van der Waals surface area contributed by atoms with Gasteiger partial charge in [0.25, 0.3) is 0 Å². The number of aliphatic hydroxyl groups excluding tert-OH is 4. The molecule has 9 heteroatoms. The molecule has 0 radical (unpaired) electrons. The Morgan fingerprint density at radius 1 is 1.13 bits per heavy atom. The number of phosphoric ester groups is 1. The minimum atomic E-state index is -4.82. The topological polar surface area (TPSA) is 148 Å². The average molecular weight is 246 g/mol. The van der Waals surface area contributed by atoms with Gasteiger partial charge in [-0.15, -0.1) is 0 Å². The van der Waals surface area contributed by atoms with Gasteiger partial charge in [-0.05, 0) is 0 Å². The van der Waals surface area contributed by atoms with Crippen molar-refractivity contribution in [3.05, 3.63) is 0 Å². The van der Waals surface area contributed by atoms with Crippen molar-refractivity contribution >= 4 is 7.82 Å². The molecule has 0 saturated carbocycles. The highest BCUT2D eigenvalue weighted by Gasteiger charge is 2.29. The number of phosphoric acid groups is 1. The maximum Gasteiger partial charge on any atom is 0.469 e. The fraction of sp³-hybridized carbons (Fsp3) is 1.00. The second-order valence-corrected chi connectivity index (χ2v) is 4.15. The molecule has 0 bridgehead atoms. The van der Waals surface area contributed by atoms with E-state index in [9.17, 15) is 4.57 Å². The molecule has 0 aromatic carbocycles. The van der Waals surface area contributed by atoms with Crippen LogP contribution in [0.1, 0.15) is 6.42 Å². The molecule has 3 unspecified atom stereocenters. The van der Waals surface area contributed by atoms with E-state index in [4.69, 9.17) is 30.2 Å². The normalized spacial score (nSPS) is 18.5. The van der Waals surface area contributed by atoms with Gasteiger partial charge in [0.05, 0.1) is 19.3 Å². The summed E-state index contributed by atoms with van der Waals surface area (Å²) >= 11 is 0. The van der Waals surface area contributed by atoms with Crippen LogP contribution in [0.4, 0.5) is 0 Å². The van der Waals surface area contributed by atoms with Gasteiger partial charge in [-0.2, -0.15) is 0 Å². The van der Waals surface area contributed by atoms with Gasteiger partial charge in [-0.1, -0.05) is 0 Å². The molecule has 8 nitrogen and oxygen atoms in total. The molecule has 0 aromatic heterocycles. The third kappa shape index (κ3) is 6.93. The van der Waals surface area contributed by atoms with E-state index in [0.29, 0.717) is 0 Å². The Hall–Kier alpha value is -0.0500. The molecule has 0 rings (SSSR count).